The monoisotopic (exact) mass is 459 g/mol. The van der Waals surface area contributed by atoms with Crippen LogP contribution in [-0.4, -0.2) is 24.3 Å². The van der Waals surface area contributed by atoms with Crippen LogP contribution in [0, 0.1) is 0 Å². The van der Waals surface area contributed by atoms with E-state index in [2.05, 4.69) is 27.9 Å². The van der Waals surface area contributed by atoms with E-state index in [1.165, 1.54) is 17.5 Å². The Bertz CT molecular complexity index is 1370. The molecule has 0 amide bonds. The van der Waals surface area contributed by atoms with Crippen LogP contribution in [0.25, 0.3) is 17.2 Å². The van der Waals surface area contributed by atoms with Crippen LogP contribution in [0.15, 0.2) is 88.5 Å². The number of hydrogen-bond acceptors (Lipinski definition) is 6. The van der Waals surface area contributed by atoms with Gasteiger partial charge >= 0.3 is 0 Å². The molecule has 0 fully saturated rings. The lowest BCUT2D eigenvalue weighted by Crippen LogP contribution is -2.20. The summed E-state index contributed by atoms with van der Waals surface area (Å²) in [7, 11) is -3.62. The van der Waals surface area contributed by atoms with Gasteiger partial charge in [0.05, 0.1) is 16.7 Å². The number of fused-ring (bicyclic) bond motifs is 1. The zero-order valence-electron chi connectivity index (χ0n) is 18.5. The van der Waals surface area contributed by atoms with Gasteiger partial charge < -0.3 is 10.4 Å². The highest BCUT2D eigenvalue weighted by atomic mass is 32.2. The first-order valence-electron chi connectivity index (χ1n) is 10.5. The second-order valence-electron chi connectivity index (χ2n) is 8.08. The number of sulfone groups is 1. The van der Waals surface area contributed by atoms with E-state index in [1.807, 2.05) is 25.1 Å². The van der Waals surface area contributed by atoms with E-state index in [0.29, 0.717) is 17.5 Å². The molecule has 168 valence electrons. The number of aromatic nitrogens is 1. The molecule has 4 rings (SSSR count). The third kappa shape index (κ3) is 5.27. The summed E-state index contributed by atoms with van der Waals surface area (Å²) in [6.45, 7) is 7.39. The van der Waals surface area contributed by atoms with E-state index < -0.39 is 15.9 Å². The van der Waals surface area contributed by atoms with Crippen molar-refractivity contribution >= 4 is 27.4 Å². The number of nitrogens with zero attached hydrogens (tertiary/aromatic N) is 2. The molecule has 1 unspecified atom stereocenters. The second kappa shape index (κ2) is 9.13. The molecular formula is C26H25N3O3S. The molecule has 2 aromatic carbocycles. The summed E-state index contributed by atoms with van der Waals surface area (Å²) in [6.07, 6.45) is 4.98. The number of aliphatic hydroxyl groups excluding tert-OH is 1. The highest BCUT2D eigenvalue weighted by Crippen LogP contribution is 2.31. The Morgan fingerprint density at radius 1 is 1.12 bits per heavy atom. The lowest BCUT2D eigenvalue weighted by Gasteiger charge is -2.06. The minimum absolute atomic E-state index is 0.171. The van der Waals surface area contributed by atoms with Crippen molar-refractivity contribution in [2.45, 2.75) is 31.3 Å². The quantitative estimate of drug-likeness (QED) is 0.544. The first-order valence-corrected chi connectivity index (χ1v) is 12.1. The Labute approximate surface area is 194 Å². The van der Waals surface area contributed by atoms with Crippen LogP contribution >= 0.6 is 0 Å². The van der Waals surface area contributed by atoms with Crippen LogP contribution < -0.4 is 5.32 Å². The number of allylic oxidation sites excluding steroid dienone is 1. The molecule has 1 aromatic heterocycles. The number of rotatable bonds is 6. The molecule has 6 nitrogen and oxygen atoms in total. The topological polar surface area (TPSA) is 91.7 Å². The molecule has 33 heavy (non-hydrogen) atoms. The summed E-state index contributed by atoms with van der Waals surface area (Å²) in [6, 6.07) is 14.2. The number of benzene rings is 2. The van der Waals surface area contributed by atoms with Gasteiger partial charge in [0.25, 0.3) is 0 Å². The predicted octanol–water partition coefficient (Wildman–Crippen LogP) is 4.96. The first-order chi connectivity index (χ1) is 15.7. The van der Waals surface area contributed by atoms with Crippen LogP contribution in [0.1, 0.15) is 36.6 Å². The molecule has 0 bridgehead atoms. The van der Waals surface area contributed by atoms with Crippen molar-refractivity contribution < 1.29 is 13.5 Å². The Morgan fingerprint density at radius 3 is 2.58 bits per heavy atom. The van der Waals surface area contributed by atoms with Crippen LogP contribution in [0.2, 0.25) is 0 Å². The maximum atomic E-state index is 12.7. The van der Waals surface area contributed by atoms with Gasteiger partial charge in [0.2, 0.25) is 0 Å². The predicted molar refractivity (Wildman–Crippen MR) is 132 cm³/mol. The summed E-state index contributed by atoms with van der Waals surface area (Å²) in [5.41, 5.74) is 6.11. The molecule has 1 atom stereocenters. The number of aliphatic hydroxyl groups is 1. The molecule has 0 spiro atoms. The van der Waals surface area contributed by atoms with Crippen molar-refractivity contribution in [3.8, 4) is 11.1 Å². The van der Waals surface area contributed by atoms with Gasteiger partial charge in [-0.15, -0.1) is 0 Å². The second-order valence-corrected chi connectivity index (χ2v) is 9.92. The number of hydrogen-bond donors (Lipinski definition) is 2. The lowest BCUT2D eigenvalue weighted by atomic mass is 10.0. The fraction of sp³-hybridized carbons (Fsp3) is 0.154. The summed E-state index contributed by atoms with van der Waals surface area (Å²) in [4.78, 5) is 9.04. The molecule has 0 radical (unpaired) electrons. The Balaban J connectivity index is 1.53. The van der Waals surface area contributed by atoms with Crippen molar-refractivity contribution in [1.29, 1.82) is 0 Å². The maximum Gasteiger partial charge on any atom is 0.199 e. The average molecular weight is 460 g/mol. The van der Waals surface area contributed by atoms with Gasteiger partial charge in [-0.05, 0) is 72.5 Å². The van der Waals surface area contributed by atoms with Gasteiger partial charge in [-0.25, -0.2) is 13.4 Å². The highest BCUT2D eigenvalue weighted by molar-refractivity contribution is 7.94. The Morgan fingerprint density at radius 2 is 1.88 bits per heavy atom. The van der Waals surface area contributed by atoms with Crippen LogP contribution in [-0.2, 0) is 16.3 Å². The fourth-order valence-electron chi connectivity index (χ4n) is 3.59. The van der Waals surface area contributed by atoms with E-state index >= 15 is 0 Å². The molecule has 0 saturated heterocycles. The van der Waals surface area contributed by atoms with Crippen LogP contribution in [0.4, 0.5) is 5.69 Å². The summed E-state index contributed by atoms with van der Waals surface area (Å²) in [5, 5.41) is 14.0. The van der Waals surface area contributed by atoms with E-state index in [1.54, 1.807) is 37.5 Å². The van der Waals surface area contributed by atoms with Gasteiger partial charge in [-0.2, -0.15) is 0 Å². The highest BCUT2D eigenvalue weighted by Gasteiger charge is 2.16. The average Bonchev–Trinajstić information content (AvgIpc) is 3.18. The zero-order chi connectivity index (χ0) is 23.6. The maximum absolute atomic E-state index is 12.7. The Hall–Kier alpha value is -3.55. The molecule has 1 aliphatic heterocycles. The summed E-state index contributed by atoms with van der Waals surface area (Å²) < 4.78 is 25.4. The van der Waals surface area contributed by atoms with Crippen molar-refractivity contribution in [2.24, 2.45) is 4.99 Å². The summed E-state index contributed by atoms with van der Waals surface area (Å²) in [5.74, 6) is 0.871. The molecular weight excluding hydrogens is 434 g/mol. The molecule has 0 aliphatic carbocycles. The summed E-state index contributed by atoms with van der Waals surface area (Å²) >= 11 is 0. The van der Waals surface area contributed by atoms with E-state index in [9.17, 15) is 13.5 Å². The zero-order valence-corrected chi connectivity index (χ0v) is 19.3. The van der Waals surface area contributed by atoms with Crippen LogP contribution in [0.5, 0.6) is 0 Å². The SMILES string of the molecule is C=C(C)NC1=Nc2ccc(-c3cncc(/C=C\S(=O)(=O)c4ccc(C(C)O)cc4)c3)cc2C1. The number of aliphatic imine (C=N–C) groups is 1. The molecule has 2 N–H and O–H groups in total. The van der Waals surface area contributed by atoms with E-state index in [-0.39, 0.29) is 4.90 Å². The molecule has 0 saturated carbocycles. The minimum atomic E-state index is -3.62. The first kappa shape index (κ1) is 22.6. The number of amidine groups is 1. The molecule has 7 heteroatoms. The largest absolute Gasteiger partial charge is 0.389 e. The van der Waals surface area contributed by atoms with Crippen molar-refractivity contribution in [3.05, 3.63) is 95.3 Å². The fourth-order valence-corrected chi connectivity index (χ4v) is 4.60. The van der Waals surface area contributed by atoms with Crippen molar-refractivity contribution in [3.63, 3.8) is 0 Å². The van der Waals surface area contributed by atoms with Gasteiger partial charge in [-0.1, -0.05) is 24.8 Å². The molecule has 1 aliphatic rings. The number of nitrogens with one attached hydrogen (secondary N) is 1. The standard InChI is InChI=1S/C26H25N3O3S/c1-17(2)28-26-14-22-13-21(6-9-25(22)29-26)23-12-19(15-27-16-23)10-11-33(31,32)24-7-4-20(5-8-24)18(3)30/h4-13,15-16,18,30H,1,14H2,2-3H3,(H,28,29)/b11-10-. The van der Waals surface area contributed by atoms with Crippen molar-refractivity contribution in [1.82, 2.24) is 10.3 Å². The molecule has 2 heterocycles. The van der Waals surface area contributed by atoms with Gasteiger partial charge in [0.15, 0.2) is 9.84 Å². The normalized spacial score (nSPS) is 14.1. The third-order valence-corrected chi connectivity index (χ3v) is 6.70. The van der Waals surface area contributed by atoms with Crippen molar-refractivity contribution in [2.75, 3.05) is 0 Å². The van der Waals surface area contributed by atoms with Gasteiger partial charge in [-0.3, -0.25) is 4.98 Å². The smallest absolute Gasteiger partial charge is 0.199 e. The third-order valence-electron chi connectivity index (χ3n) is 5.27. The van der Waals surface area contributed by atoms with E-state index in [4.69, 9.17) is 0 Å². The van der Waals surface area contributed by atoms with Gasteiger partial charge in [0.1, 0.15) is 5.84 Å². The van der Waals surface area contributed by atoms with Crippen LogP contribution in [0.3, 0.4) is 0 Å². The Kier molecular flexibility index (Phi) is 6.26. The minimum Gasteiger partial charge on any atom is -0.389 e. The van der Waals surface area contributed by atoms with Gasteiger partial charge in [0, 0.05) is 35.5 Å². The number of pyridine rings is 1. The molecule has 3 aromatic rings. The van der Waals surface area contributed by atoms with E-state index in [0.717, 1.165) is 33.9 Å². The lowest BCUT2D eigenvalue weighted by molar-refractivity contribution is 0.199.